The largest absolute Gasteiger partial charge is 0.338 e. The fourth-order valence-corrected chi connectivity index (χ4v) is 3.25. The lowest BCUT2D eigenvalue weighted by Gasteiger charge is -2.17. The fraction of sp³-hybridized carbons (Fsp3) is 0.278. The van der Waals surface area contributed by atoms with Crippen molar-refractivity contribution >= 4 is 29.9 Å². The topological polar surface area (TPSA) is 46.3 Å². The van der Waals surface area contributed by atoms with Crippen molar-refractivity contribution in [1.29, 1.82) is 0 Å². The Morgan fingerprint density at radius 2 is 1.74 bits per heavy atom. The van der Waals surface area contributed by atoms with E-state index in [1.54, 1.807) is 24.3 Å². The van der Waals surface area contributed by atoms with Crippen LogP contribution in [0.5, 0.6) is 0 Å². The van der Waals surface area contributed by atoms with Gasteiger partial charge in [-0.25, -0.2) is 0 Å². The molecule has 1 aliphatic rings. The molecule has 23 heavy (non-hydrogen) atoms. The van der Waals surface area contributed by atoms with Crippen LogP contribution in [-0.4, -0.2) is 30.4 Å². The highest BCUT2D eigenvalue weighted by molar-refractivity contribution is 6.30. The molecule has 3 rings (SSSR count). The van der Waals surface area contributed by atoms with Crippen LogP contribution in [0.2, 0.25) is 5.02 Å². The second kappa shape index (κ2) is 7.82. The van der Waals surface area contributed by atoms with Gasteiger partial charge in [-0.15, -0.1) is 12.4 Å². The van der Waals surface area contributed by atoms with Gasteiger partial charge in [0.15, 0.2) is 0 Å². The first-order valence-electron chi connectivity index (χ1n) is 7.49. The standard InChI is InChI=1S/C18H19ClN2O.ClH/c19-16-8-6-14(7-9-16)18(22)21-11-15(10-20)17(12-21)13-4-2-1-3-5-13;/h1-9,15,17H,10-12,20H2;1H/t15-,17+;/m1./s1. The molecule has 1 aliphatic heterocycles. The summed E-state index contributed by atoms with van der Waals surface area (Å²) in [7, 11) is 0. The summed E-state index contributed by atoms with van der Waals surface area (Å²) in [5, 5.41) is 0.639. The van der Waals surface area contributed by atoms with Crippen LogP contribution < -0.4 is 5.73 Å². The first kappa shape index (κ1) is 17.8. The Morgan fingerprint density at radius 3 is 2.35 bits per heavy atom. The van der Waals surface area contributed by atoms with E-state index in [0.717, 1.165) is 0 Å². The quantitative estimate of drug-likeness (QED) is 0.919. The Morgan fingerprint density at radius 1 is 1.09 bits per heavy atom. The molecule has 2 atom stereocenters. The van der Waals surface area contributed by atoms with Crippen LogP contribution in [0.3, 0.4) is 0 Å². The van der Waals surface area contributed by atoms with Gasteiger partial charge in [-0.05, 0) is 42.3 Å². The molecule has 1 heterocycles. The maximum atomic E-state index is 12.6. The predicted octanol–water partition coefficient (Wildman–Crippen LogP) is 3.58. The fourth-order valence-electron chi connectivity index (χ4n) is 3.13. The molecule has 0 radical (unpaired) electrons. The minimum atomic E-state index is 0. The summed E-state index contributed by atoms with van der Waals surface area (Å²) in [4.78, 5) is 14.5. The number of rotatable bonds is 3. The summed E-state index contributed by atoms with van der Waals surface area (Å²) in [5.74, 6) is 0.662. The molecule has 1 saturated heterocycles. The summed E-state index contributed by atoms with van der Waals surface area (Å²) in [6.45, 7) is 2.01. The highest BCUT2D eigenvalue weighted by atomic mass is 35.5. The highest BCUT2D eigenvalue weighted by Gasteiger charge is 2.35. The highest BCUT2D eigenvalue weighted by Crippen LogP contribution is 2.32. The first-order valence-corrected chi connectivity index (χ1v) is 7.86. The number of carbonyl (C=O) groups is 1. The van der Waals surface area contributed by atoms with Crippen LogP contribution in [0, 0.1) is 5.92 Å². The smallest absolute Gasteiger partial charge is 0.253 e. The molecule has 0 aromatic heterocycles. The number of hydrogen-bond acceptors (Lipinski definition) is 2. The third kappa shape index (κ3) is 3.86. The van der Waals surface area contributed by atoms with Gasteiger partial charge in [-0.1, -0.05) is 41.9 Å². The van der Waals surface area contributed by atoms with Crippen molar-refractivity contribution in [2.75, 3.05) is 19.6 Å². The van der Waals surface area contributed by atoms with Crippen molar-refractivity contribution in [2.24, 2.45) is 11.7 Å². The van der Waals surface area contributed by atoms with E-state index in [-0.39, 0.29) is 18.3 Å². The van der Waals surface area contributed by atoms with Gasteiger partial charge >= 0.3 is 0 Å². The average molecular weight is 351 g/mol. The van der Waals surface area contributed by atoms with Crippen LogP contribution in [0.4, 0.5) is 0 Å². The SMILES string of the molecule is Cl.NC[C@@H]1CN(C(=O)c2ccc(Cl)cc2)C[C@H]1c1ccccc1. The van der Waals surface area contributed by atoms with E-state index in [1.807, 2.05) is 23.1 Å². The average Bonchev–Trinajstić information content (AvgIpc) is 3.00. The first-order chi connectivity index (χ1) is 10.7. The zero-order valence-corrected chi connectivity index (χ0v) is 14.3. The van der Waals surface area contributed by atoms with Gasteiger partial charge in [0, 0.05) is 29.6 Å². The lowest BCUT2D eigenvalue weighted by atomic mass is 9.89. The number of carbonyl (C=O) groups excluding carboxylic acids is 1. The molecule has 0 bridgehead atoms. The van der Waals surface area contributed by atoms with E-state index in [0.29, 0.717) is 42.1 Å². The molecule has 5 heteroatoms. The molecule has 2 N–H and O–H groups in total. The van der Waals surface area contributed by atoms with E-state index in [4.69, 9.17) is 17.3 Å². The summed E-state index contributed by atoms with van der Waals surface area (Å²) in [6.07, 6.45) is 0. The van der Waals surface area contributed by atoms with Crippen molar-refractivity contribution in [3.63, 3.8) is 0 Å². The number of benzene rings is 2. The minimum Gasteiger partial charge on any atom is -0.338 e. The number of nitrogens with zero attached hydrogens (tertiary/aromatic N) is 1. The summed E-state index contributed by atoms with van der Waals surface area (Å²) >= 11 is 5.88. The van der Waals surface area contributed by atoms with Crippen molar-refractivity contribution in [3.05, 3.63) is 70.7 Å². The van der Waals surface area contributed by atoms with Gasteiger partial charge < -0.3 is 10.6 Å². The second-order valence-electron chi connectivity index (χ2n) is 5.73. The number of halogens is 2. The molecule has 2 aromatic rings. The van der Waals surface area contributed by atoms with Crippen LogP contribution in [0.25, 0.3) is 0 Å². The Labute approximate surface area is 147 Å². The molecule has 2 aromatic carbocycles. The number of amides is 1. The normalized spacial score (nSPS) is 20.2. The van der Waals surface area contributed by atoms with E-state index in [1.165, 1.54) is 5.56 Å². The zero-order valence-electron chi connectivity index (χ0n) is 12.7. The van der Waals surface area contributed by atoms with E-state index >= 15 is 0 Å². The zero-order chi connectivity index (χ0) is 15.5. The second-order valence-corrected chi connectivity index (χ2v) is 6.17. The van der Waals surface area contributed by atoms with E-state index in [2.05, 4.69) is 12.1 Å². The van der Waals surface area contributed by atoms with Crippen molar-refractivity contribution in [2.45, 2.75) is 5.92 Å². The number of likely N-dealkylation sites (tertiary alicyclic amines) is 1. The van der Waals surface area contributed by atoms with Gasteiger partial charge in [0.1, 0.15) is 0 Å². The lowest BCUT2D eigenvalue weighted by Crippen LogP contribution is -2.29. The van der Waals surface area contributed by atoms with Gasteiger partial charge in [-0.3, -0.25) is 4.79 Å². The monoisotopic (exact) mass is 350 g/mol. The molecule has 1 amide bonds. The Balaban J connectivity index is 0.00000192. The molecule has 1 fully saturated rings. The van der Waals surface area contributed by atoms with Crippen LogP contribution in [0.1, 0.15) is 21.8 Å². The van der Waals surface area contributed by atoms with Crippen LogP contribution in [0.15, 0.2) is 54.6 Å². The van der Waals surface area contributed by atoms with Gasteiger partial charge in [-0.2, -0.15) is 0 Å². The van der Waals surface area contributed by atoms with Crippen LogP contribution >= 0.6 is 24.0 Å². The Kier molecular flexibility index (Phi) is 6.05. The maximum Gasteiger partial charge on any atom is 0.253 e. The predicted molar refractivity (Wildman–Crippen MR) is 96.3 cm³/mol. The van der Waals surface area contributed by atoms with Gasteiger partial charge in [0.25, 0.3) is 5.91 Å². The Hall–Kier alpha value is -1.55. The maximum absolute atomic E-state index is 12.6. The third-order valence-corrected chi connectivity index (χ3v) is 4.60. The molecule has 122 valence electrons. The summed E-state index contributed by atoms with van der Waals surface area (Å²) in [6, 6.07) is 17.4. The molecule has 0 aliphatic carbocycles. The van der Waals surface area contributed by atoms with Crippen molar-refractivity contribution in [1.82, 2.24) is 4.90 Å². The van der Waals surface area contributed by atoms with E-state index < -0.39 is 0 Å². The summed E-state index contributed by atoms with van der Waals surface area (Å²) < 4.78 is 0. The number of nitrogens with two attached hydrogens (primary N) is 1. The van der Waals surface area contributed by atoms with E-state index in [9.17, 15) is 4.79 Å². The molecular formula is C18H20Cl2N2O. The van der Waals surface area contributed by atoms with Crippen molar-refractivity contribution in [3.8, 4) is 0 Å². The summed E-state index contributed by atoms with van der Waals surface area (Å²) in [5.41, 5.74) is 7.86. The third-order valence-electron chi connectivity index (χ3n) is 4.35. The van der Waals surface area contributed by atoms with Gasteiger partial charge in [0.05, 0.1) is 0 Å². The molecule has 3 nitrogen and oxygen atoms in total. The molecule has 0 unspecified atom stereocenters. The Bertz CT molecular complexity index is 646. The molecule has 0 saturated carbocycles. The lowest BCUT2D eigenvalue weighted by molar-refractivity contribution is 0.0786. The number of hydrogen-bond donors (Lipinski definition) is 1. The minimum absolute atomic E-state index is 0. The molecular weight excluding hydrogens is 331 g/mol. The molecule has 0 spiro atoms. The van der Waals surface area contributed by atoms with Gasteiger partial charge in [0.2, 0.25) is 0 Å². The van der Waals surface area contributed by atoms with Crippen molar-refractivity contribution < 1.29 is 4.79 Å². The van der Waals surface area contributed by atoms with Crippen LogP contribution in [-0.2, 0) is 0 Å².